The highest BCUT2D eigenvalue weighted by molar-refractivity contribution is 6.04. The van der Waals surface area contributed by atoms with Crippen LogP contribution in [-0.2, 0) is 4.79 Å². The lowest BCUT2D eigenvalue weighted by Gasteiger charge is -2.23. The molecule has 24 heavy (non-hydrogen) atoms. The number of hydrogen-bond donors (Lipinski definition) is 1. The summed E-state index contributed by atoms with van der Waals surface area (Å²) in [6.45, 7) is 4.89. The van der Waals surface area contributed by atoms with Crippen LogP contribution in [0.1, 0.15) is 52.4 Å². The summed E-state index contributed by atoms with van der Waals surface area (Å²) in [5.74, 6) is 0.897. The molecule has 1 amide bonds. The normalized spacial score (nSPS) is 16.2. The maximum atomic E-state index is 12.7. The molecule has 1 fully saturated rings. The van der Waals surface area contributed by atoms with Crippen molar-refractivity contribution in [3.8, 4) is 5.75 Å². The van der Waals surface area contributed by atoms with Crippen LogP contribution >= 0.6 is 0 Å². The Morgan fingerprint density at radius 3 is 2.83 bits per heavy atom. The molecule has 4 heteroatoms. The van der Waals surface area contributed by atoms with Crippen LogP contribution in [0.5, 0.6) is 5.75 Å². The number of unbranched alkanes of at least 4 members (excludes halogenated alkanes) is 1. The second-order valence-electron chi connectivity index (χ2n) is 6.93. The van der Waals surface area contributed by atoms with Crippen molar-refractivity contribution in [3.63, 3.8) is 0 Å². The smallest absolute Gasteiger partial charge is 0.230 e. The fraction of sp³-hybridized carbons (Fsp3) is 0.500. The Hall–Kier alpha value is -2.10. The molecule has 0 saturated heterocycles. The first-order valence-corrected chi connectivity index (χ1v) is 8.96. The summed E-state index contributed by atoms with van der Waals surface area (Å²) in [6.07, 6.45) is 8.08. The van der Waals surface area contributed by atoms with Crippen molar-refractivity contribution >= 4 is 22.5 Å². The summed E-state index contributed by atoms with van der Waals surface area (Å²) >= 11 is 0. The predicted molar refractivity (Wildman–Crippen MR) is 97.4 cm³/mol. The van der Waals surface area contributed by atoms with E-state index >= 15 is 0 Å². The van der Waals surface area contributed by atoms with Crippen molar-refractivity contribution in [1.29, 1.82) is 0 Å². The molecule has 1 saturated carbocycles. The van der Waals surface area contributed by atoms with Crippen LogP contribution < -0.4 is 10.1 Å². The van der Waals surface area contributed by atoms with E-state index in [9.17, 15) is 4.79 Å². The molecule has 0 atom stereocenters. The molecular formula is C20H26N2O2. The van der Waals surface area contributed by atoms with Crippen LogP contribution in [0.15, 0.2) is 30.5 Å². The van der Waals surface area contributed by atoms with E-state index < -0.39 is 0 Å². The van der Waals surface area contributed by atoms with Gasteiger partial charge in [0.2, 0.25) is 5.91 Å². The third kappa shape index (κ3) is 3.37. The summed E-state index contributed by atoms with van der Waals surface area (Å²) in [5.41, 5.74) is 1.38. The number of ether oxygens (including phenoxy) is 1. The number of benzene rings is 1. The van der Waals surface area contributed by atoms with E-state index in [1.165, 1.54) is 0 Å². The number of fused-ring (bicyclic) bond motifs is 1. The highest BCUT2D eigenvalue weighted by atomic mass is 16.5. The second kappa shape index (κ2) is 7.20. The van der Waals surface area contributed by atoms with Gasteiger partial charge in [0.1, 0.15) is 11.3 Å². The Bertz CT molecular complexity index is 721. The van der Waals surface area contributed by atoms with Crippen LogP contribution in [-0.4, -0.2) is 17.5 Å². The minimum Gasteiger partial charge on any atom is -0.491 e. The molecule has 1 aliphatic rings. The zero-order valence-corrected chi connectivity index (χ0v) is 14.6. The first-order chi connectivity index (χ1) is 11.6. The molecule has 3 rings (SSSR count). The molecule has 2 aromatic rings. The van der Waals surface area contributed by atoms with Crippen molar-refractivity contribution in [1.82, 2.24) is 4.98 Å². The maximum absolute atomic E-state index is 12.7. The van der Waals surface area contributed by atoms with Crippen molar-refractivity contribution in [2.24, 2.45) is 5.41 Å². The molecular weight excluding hydrogens is 300 g/mol. The Morgan fingerprint density at radius 2 is 2.08 bits per heavy atom. The van der Waals surface area contributed by atoms with E-state index in [-0.39, 0.29) is 11.3 Å². The highest BCUT2D eigenvalue weighted by Crippen LogP contribution is 2.39. The molecule has 1 aliphatic carbocycles. The van der Waals surface area contributed by atoms with E-state index in [2.05, 4.69) is 24.1 Å². The molecule has 0 radical (unpaired) electrons. The summed E-state index contributed by atoms with van der Waals surface area (Å²) in [7, 11) is 0. The Morgan fingerprint density at radius 1 is 1.29 bits per heavy atom. The van der Waals surface area contributed by atoms with Crippen molar-refractivity contribution in [2.45, 2.75) is 52.4 Å². The van der Waals surface area contributed by atoms with Gasteiger partial charge in [0.05, 0.1) is 12.3 Å². The number of pyridine rings is 1. The van der Waals surface area contributed by atoms with Crippen molar-refractivity contribution < 1.29 is 9.53 Å². The number of rotatable bonds is 6. The average molecular weight is 326 g/mol. The third-order valence-electron chi connectivity index (χ3n) is 4.99. The Kier molecular flexibility index (Phi) is 5.03. The van der Waals surface area contributed by atoms with E-state index in [0.717, 1.165) is 60.9 Å². The lowest BCUT2D eigenvalue weighted by Crippen LogP contribution is -2.30. The molecule has 0 unspecified atom stereocenters. The summed E-state index contributed by atoms with van der Waals surface area (Å²) < 4.78 is 5.86. The highest BCUT2D eigenvalue weighted by Gasteiger charge is 2.36. The van der Waals surface area contributed by atoms with Gasteiger partial charge in [0.25, 0.3) is 0 Å². The van der Waals surface area contributed by atoms with Gasteiger partial charge in [-0.1, -0.05) is 33.1 Å². The monoisotopic (exact) mass is 326 g/mol. The number of nitrogens with zero attached hydrogens (tertiary/aromatic N) is 1. The fourth-order valence-corrected chi connectivity index (χ4v) is 3.35. The van der Waals surface area contributed by atoms with Gasteiger partial charge in [-0.15, -0.1) is 0 Å². The molecule has 0 spiro atoms. The predicted octanol–water partition coefficient (Wildman–Crippen LogP) is 4.93. The fourth-order valence-electron chi connectivity index (χ4n) is 3.35. The standard InChI is InChI=1S/C20H26N2O2/c1-3-4-14-24-17-10-9-16(15-8-7-13-21-18(15)17)22-19(23)20(2)11-5-6-12-20/h7-10,13H,3-6,11-12,14H2,1-2H3,(H,22,23). The average Bonchev–Trinajstić information content (AvgIpc) is 3.05. The van der Waals surface area contributed by atoms with E-state index in [1.54, 1.807) is 6.20 Å². The van der Waals surface area contributed by atoms with Crippen molar-refractivity contribution in [2.75, 3.05) is 11.9 Å². The van der Waals surface area contributed by atoms with Gasteiger partial charge >= 0.3 is 0 Å². The van der Waals surface area contributed by atoms with Crippen LogP contribution in [0.4, 0.5) is 5.69 Å². The van der Waals surface area contributed by atoms with E-state index in [1.807, 2.05) is 24.3 Å². The number of amides is 1. The van der Waals surface area contributed by atoms with E-state index in [0.29, 0.717) is 6.61 Å². The molecule has 4 nitrogen and oxygen atoms in total. The molecule has 1 heterocycles. The zero-order chi connectivity index (χ0) is 17.0. The van der Waals surface area contributed by atoms with Gasteiger partial charge in [-0.2, -0.15) is 0 Å². The lowest BCUT2D eigenvalue weighted by atomic mass is 9.87. The largest absolute Gasteiger partial charge is 0.491 e. The quantitative estimate of drug-likeness (QED) is 0.766. The van der Waals surface area contributed by atoms with Gasteiger partial charge in [-0.25, -0.2) is 0 Å². The minimum absolute atomic E-state index is 0.116. The SMILES string of the molecule is CCCCOc1ccc(NC(=O)C2(C)CCCC2)c2cccnc12. The number of carbonyl (C=O) groups is 1. The lowest BCUT2D eigenvalue weighted by molar-refractivity contribution is -0.124. The van der Waals surface area contributed by atoms with Gasteiger partial charge in [0.15, 0.2) is 0 Å². The Balaban J connectivity index is 1.86. The Labute approximate surface area is 143 Å². The topological polar surface area (TPSA) is 51.2 Å². The number of hydrogen-bond acceptors (Lipinski definition) is 3. The number of aromatic nitrogens is 1. The number of anilines is 1. The number of carbonyl (C=O) groups excluding carboxylic acids is 1. The number of nitrogens with one attached hydrogen (secondary N) is 1. The first kappa shape index (κ1) is 16.7. The molecule has 0 bridgehead atoms. The van der Waals surface area contributed by atoms with Crippen LogP contribution in [0.25, 0.3) is 10.9 Å². The molecule has 128 valence electrons. The summed E-state index contributed by atoms with van der Waals surface area (Å²) in [6, 6.07) is 7.73. The van der Waals surface area contributed by atoms with Crippen LogP contribution in [0.2, 0.25) is 0 Å². The van der Waals surface area contributed by atoms with Gasteiger partial charge in [0, 0.05) is 17.0 Å². The van der Waals surface area contributed by atoms with Crippen LogP contribution in [0, 0.1) is 5.41 Å². The second-order valence-corrected chi connectivity index (χ2v) is 6.93. The molecule has 1 aromatic heterocycles. The zero-order valence-electron chi connectivity index (χ0n) is 14.6. The first-order valence-electron chi connectivity index (χ1n) is 8.96. The summed E-state index contributed by atoms with van der Waals surface area (Å²) in [5, 5.41) is 4.06. The van der Waals surface area contributed by atoms with Crippen LogP contribution in [0.3, 0.4) is 0 Å². The molecule has 0 aliphatic heterocycles. The van der Waals surface area contributed by atoms with Gasteiger partial charge in [-0.05, 0) is 43.5 Å². The maximum Gasteiger partial charge on any atom is 0.230 e. The minimum atomic E-state index is -0.245. The third-order valence-corrected chi connectivity index (χ3v) is 4.99. The molecule has 1 aromatic carbocycles. The summed E-state index contributed by atoms with van der Waals surface area (Å²) in [4.78, 5) is 17.2. The molecule has 1 N–H and O–H groups in total. The van der Waals surface area contributed by atoms with Gasteiger partial charge in [-0.3, -0.25) is 9.78 Å². The van der Waals surface area contributed by atoms with E-state index in [4.69, 9.17) is 4.74 Å². The van der Waals surface area contributed by atoms with Gasteiger partial charge < -0.3 is 10.1 Å². The van der Waals surface area contributed by atoms with Crippen molar-refractivity contribution in [3.05, 3.63) is 30.5 Å².